The molecule has 5 aliphatic rings. The zero-order valence-electron chi connectivity index (χ0n) is 16.6. The molecule has 5 fully saturated rings. The Bertz CT molecular complexity index is 588. The van der Waals surface area contributed by atoms with Crippen molar-refractivity contribution in [2.45, 2.75) is 96.7 Å². The van der Waals surface area contributed by atoms with E-state index >= 15 is 0 Å². The molecular weight excluding hydrogens is 324 g/mol. The second-order valence-corrected chi connectivity index (χ2v) is 10.9. The molecule has 0 bridgehead atoms. The molecule has 1 N–H and O–H groups in total. The summed E-state index contributed by atoms with van der Waals surface area (Å²) in [5, 5.41) is 10.2. The Balaban J connectivity index is 1.39. The first-order valence-electron chi connectivity index (χ1n) is 11.3. The lowest BCUT2D eigenvalue weighted by atomic mass is 9.44. The average Bonchev–Trinajstić information content (AvgIpc) is 3.18. The van der Waals surface area contributed by atoms with Gasteiger partial charge in [0.15, 0.2) is 0 Å². The second kappa shape index (κ2) is 5.96. The highest BCUT2D eigenvalue weighted by atomic mass is 16.5. The van der Waals surface area contributed by atoms with E-state index in [1.54, 1.807) is 0 Å². The molecular formula is C23H36O3. The van der Waals surface area contributed by atoms with Crippen LogP contribution < -0.4 is 0 Å². The molecule has 26 heavy (non-hydrogen) atoms. The molecule has 9 atom stereocenters. The predicted molar refractivity (Wildman–Crippen MR) is 100 cm³/mol. The molecule has 1 unspecified atom stereocenters. The summed E-state index contributed by atoms with van der Waals surface area (Å²) < 4.78 is 5.75. The number of cyclic esters (lactones) is 1. The Kier molecular flexibility index (Phi) is 4.02. The molecule has 5 rings (SSSR count). The van der Waals surface area contributed by atoms with Gasteiger partial charge in [0.25, 0.3) is 0 Å². The molecule has 0 aromatic carbocycles. The molecule has 0 aromatic heterocycles. The van der Waals surface area contributed by atoms with E-state index in [0.29, 0.717) is 23.2 Å². The van der Waals surface area contributed by atoms with Crippen molar-refractivity contribution in [1.29, 1.82) is 0 Å². The number of hydrogen-bond donors (Lipinski definition) is 1. The summed E-state index contributed by atoms with van der Waals surface area (Å²) in [6, 6.07) is 0. The van der Waals surface area contributed by atoms with Gasteiger partial charge in [0.05, 0.1) is 6.10 Å². The van der Waals surface area contributed by atoms with E-state index in [4.69, 9.17) is 4.74 Å². The van der Waals surface area contributed by atoms with E-state index in [9.17, 15) is 9.90 Å². The van der Waals surface area contributed by atoms with E-state index in [1.807, 2.05) is 0 Å². The first-order valence-corrected chi connectivity index (χ1v) is 11.3. The van der Waals surface area contributed by atoms with Crippen molar-refractivity contribution in [3.63, 3.8) is 0 Å². The minimum Gasteiger partial charge on any atom is -0.462 e. The molecule has 1 aliphatic heterocycles. The topological polar surface area (TPSA) is 46.5 Å². The van der Waals surface area contributed by atoms with Gasteiger partial charge in [-0.15, -0.1) is 0 Å². The maximum absolute atomic E-state index is 11.7. The van der Waals surface area contributed by atoms with Crippen LogP contribution in [0.4, 0.5) is 0 Å². The van der Waals surface area contributed by atoms with Gasteiger partial charge in [-0.05, 0) is 98.7 Å². The molecule has 3 nitrogen and oxygen atoms in total. The highest BCUT2D eigenvalue weighted by Gasteiger charge is 2.61. The number of esters is 1. The van der Waals surface area contributed by atoms with Crippen LogP contribution in [0, 0.1) is 40.4 Å². The van der Waals surface area contributed by atoms with Crippen LogP contribution in [0.1, 0.15) is 84.5 Å². The van der Waals surface area contributed by atoms with Crippen LogP contribution >= 0.6 is 0 Å². The zero-order valence-corrected chi connectivity index (χ0v) is 16.6. The summed E-state index contributed by atoms with van der Waals surface area (Å²) >= 11 is 0. The van der Waals surface area contributed by atoms with Crippen LogP contribution in [0.2, 0.25) is 0 Å². The van der Waals surface area contributed by atoms with Crippen molar-refractivity contribution < 1.29 is 14.6 Å². The molecule has 0 amide bonds. The van der Waals surface area contributed by atoms with E-state index in [2.05, 4.69) is 13.8 Å². The summed E-state index contributed by atoms with van der Waals surface area (Å²) in [6.07, 6.45) is 13.0. The lowest BCUT2D eigenvalue weighted by molar-refractivity contribution is -0.150. The maximum Gasteiger partial charge on any atom is 0.306 e. The summed E-state index contributed by atoms with van der Waals surface area (Å²) in [4.78, 5) is 11.7. The highest BCUT2D eigenvalue weighted by molar-refractivity contribution is 5.71. The fourth-order valence-electron chi connectivity index (χ4n) is 8.72. The van der Waals surface area contributed by atoms with Crippen molar-refractivity contribution >= 4 is 5.97 Å². The molecule has 4 aliphatic carbocycles. The summed E-state index contributed by atoms with van der Waals surface area (Å²) in [5.41, 5.74) is 0.842. The maximum atomic E-state index is 11.7. The SMILES string of the molecule is C[C@]12CC[C@H](O)C[C@@H]1CC[C@@H]1[C@@H]2CC[C@]2(C)[C@@H](C3CCC(=O)O3)CC[C@@H]12. The van der Waals surface area contributed by atoms with Crippen LogP contribution in [0.25, 0.3) is 0 Å². The Morgan fingerprint density at radius 1 is 0.885 bits per heavy atom. The lowest BCUT2D eigenvalue weighted by Crippen LogP contribution is -2.54. The van der Waals surface area contributed by atoms with Crippen molar-refractivity contribution in [3.05, 3.63) is 0 Å². The Morgan fingerprint density at radius 2 is 1.62 bits per heavy atom. The van der Waals surface area contributed by atoms with Crippen LogP contribution in [-0.2, 0) is 9.53 Å². The van der Waals surface area contributed by atoms with Gasteiger partial charge in [-0.25, -0.2) is 0 Å². The fourth-order valence-corrected chi connectivity index (χ4v) is 8.72. The average molecular weight is 361 g/mol. The zero-order chi connectivity index (χ0) is 18.1. The minimum absolute atomic E-state index is 0.0320. The summed E-state index contributed by atoms with van der Waals surface area (Å²) in [5.74, 6) is 3.92. The number of ether oxygens (including phenoxy) is 1. The van der Waals surface area contributed by atoms with Crippen molar-refractivity contribution in [2.75, 3.05) is 0 Å². The number of aliphatic hydroxyl groups is 1. The highest BCUT2D eigenvalue weighted by Crippen LogP contribution is 2.68. The quantitative estimate of drug-likeness (QED) is 0.689. The lowest BCUT2D eigenvalue weighted by Gasteiger charge is -2.61. The molecule has 4 saturated carbocycles. The van der Waals surface area contributed by atoms with Gasteiger partial charge >= 0.3 is 5.97 Å². The molecule has 1 saturated heterocycles. The Labute approximate surface area is 158 Å². The number of rotatable bonds is 1. The molecule has 0 aromatic rings. The van der Waals surface area contributed by atoms with E-state index in [0.717, 1.165) is 42.9 Å². The first-order chi connectivity index (χ1) is 12.4. The standard InChI is InChI=1S/C23H36O3/c1-22-11-9-15(24)13-14(22)3-4-16-17-5-6-19(20-7-8-21(25)26-20)23(17,2)12-10-18(16)22/h14-20,24H,3-13H2,1-2H3/t14-,15-,16-,17-,18-,19+,20?,22-,23-/m0/s1. The number of aliphatic hydroxyl groups excluding tert-OH is 1. The van der Waals surface area contributed by atoms with Crippen LogP contribution in [0.15, 0.2) is 0 Å². The number of carbonyl (C=O) groups is 1. The minimum atomic E-state index is -0.0496. The largest absolute Gasteiger partial charge is 0.462 e. The third kappa shape index (κ3) is 2.38. The van der Waals surface area contributed by atoms with Gasteiger partial charge in [-0.1, -0.05) is 13.8 Å². The van der Waals surface area contributed by atoms with Crippen LogP contribution in [-0.4, -0.2) is 23.3 Å². The van der Waals surface area contributed by atoms with Crippen LogP contribution in [0.3, 0.4) is 0 Å². The number of carbonyl (C=O) groups excluding carboxylic acids is 1. The normalized spacial score (nSPS) is 56.4. The number of hydrogen-bond acceptors (Lipinski definition) is 3. The number of fused-ring (bicyclic) bond motifs is 5. The van der Waals surface area contributed by atoms with Gasteiger partial charge in [0, 0.05) is 12.3 Å². The fraction of sp³-hybridized carbons (Fsp3) is 0.957. The van der Waals surface area contributed by atoms with Crippen molar-refractivity contribution in [3.8, 4) is 0 Å². The molecule has 0 radical (unpaired) electrons. The van der Waals surface area contributed by atoms with E-state index in [1.165, 1.54) is 44.9 Å². The van der Waals surface area contributed by atoms with Crippen molar-refractivity contribution in [2.24, 2.45) is 40.4 Å². The van der Waals surface area contributed by atoms with Gasteiger partial charge in [-0.3, -0.25) is 4.79 Å². The molecule has 3 heteroatoms. The monoisotopic (exact) mass is 360 g/mol. The third-order valence-electron chi connectivity index (χ3n) is 10.1. The van der Waals surface area contributed by atoms with Crippen LogP contribution in [0.5, 0.6) is 0 Å². The second-order valence-electron chi connectivity index (χ2n) is 10.9. The predicted octanol–water partition coefficient (Wildman–Crippen LogP) is 4.71. The summed E-state index contributed by atoms with van der Waals surface area (Å²) in [6.45, 7) is 5.10. The Hall–Kier alpha value is -0.570. The molecule has 0 spiro atoms. The van der Waals surface area contributed by atoms with Crippen molar-refractivity contribution in [1.82, 2.24) is 0 Å². The Morgan fingerprint density at radius 3 is 2.38 bits per heavy atom. The van der Waals surface area contributed by atoms with E-state index < -0.39 is 0 Å². The van der Waals surface area contributed by atoms with Gasteiger partial charge in [-0.2, -0.15) is 0 Å². The van der Waals surface area contributed by atoms with Gasteiger partial charge in [0.2, 0.25) is 0 Å². The van der Waals surface area contributed by atoms with Gasteiger partial charge < -0.3 is 9.84 Å². The van der Waals surface area contributed by atoms with Gasteiger partial charge in [0.1, 0.15) is 6.10 Å². The third-order valence-corrected chi connectivity index (χ3v) is 10.1. The summed E-state index contributed by atoms with van der Waals surface area (Å²) in [7, 11) is 0. The molecule has 146 valence electrons. The first kappa shape index (κ1) is 17.5. The molecule has 1 heterocycles. The smallest absolute Gasteiger partial charge is 0.306 e. The van der Waals surface area contributed by atoms with E-state index in [-0.39, 0.29) is 18.2 Å².